The second kappa shape index (κ2) is 4.70. The molecule has 0 fully saturated rings. The summed E-state index contributed by atoms with van der Waals surface area (Å²) >= 11 is 1.40. The van der Waals surface area contributed by atoms with Crippen LogP contribution in [0.4, 0.5) is 0 Å². The van der Waals surface area contributed by atoms with Gasteiger partial charge in [-0.15, -0.1) is 0 Å². The van der Waals surface area contributed by atoms with Crippen LogP contribution < -0.4 is 0 Å². The van der Waals surface area contributed by atoms with Crippen molar-refractivity contribution < 1.29 is 26.2 Å². The molecule has 0 saturated carbocycles. The zero-order valence-corrected chi connectivity index (χ0v) is 6.23. The summed E-state index contributed by atoms with van der Waals surface area (Å²) in [5, 5.41) is 8.08. The molecule has 0 aliphatic carbocycles. The minimum absolute atomic E-state index is 0.372. The zero-order valence-electron chi connectivity index (χ0n) is 3.02. The van der Waals surface area contributed by atoms with Crippen molar-refractivity contribution in [2.45, 2.75) is 11.1 Å². The van der Waals surface area contributed by atoms with Crippen LogP contribution in [-0.4, -0.2) is 11.7 Å². The Balaban J connectivity index is 2.19. The topological polar surface area (TPSA) is 20.2 Å². The second-order valence-corrected chi connectivity index (χ2v) is 2.41. The van der Waals surface area contributed by atoms with Gasteiger partial charge in [-0.05, 0) is 0 Å². The van der Waals surface area contributed by atoms with Crippen molar-refractivity contribution in [3.63, 3.8) is 0 Å². The van der Waals surface area contributed by atoms with Gasteiger partial charge in [0, 0.05) is 0 Å². The van der Waals surface area contributed by atoms with Gasteiger partial charge in [-0.25, -0.2) is 0 Å². The quantitative estimate of drug-likeness (QED) is 0.737. The Morgan fingerprint density at radius 1 is 1.60 bits per heavy atom. The molecule has 0 bridgehead atoms. The molecule has 0 radical (unpaired) electrons. The molecule has 0 rings (SSSR count). The summed E-state index contributed by atoms with van der Waals surface area (Å²) in [6.45, 7) is 0.372. The van der Waals surface area contributed by atoms with Gasteiger partial charge < -0.3 is 0 Å². The van der Waals surface area contributed by atoms with E-state index in [4.69, 9.17) is 5.11 Å². The van der Waals surface area contributed by atoms with E-state index in [1.54, 1.807) is 0 Å². The van der Waals surface area contributed by atoms with Gasteiger partial charge in [-0.1, -0.05) is 0 Å². The normalized spacial score (nSPS) is 8.20. The van der Waals surface area contributed by atoms with Crippen LogP contribution in [0.5, 0.6) is 0 Å². The van der Waals surface area contributed by atoms with Crippen molar-refractivity contribution in [3.8, 4) is 0 Å². The second-order valence-electron chi connectivity index (χ2n) is 0.801. The van der Waals surface area contributed by atoms with Crippen LogP contribution in [0, 0.1) is 0 Å². The molecule has 0 saturated heterocycles. The molecule has 0 atom stereocenters. The summed E-state index contributed by atoms with van der Waals surface area (Å²) in [4.78, 5) is 0. The molecule has 0 aliphatic heterocycles. The molecule has 0 aliphatic rings. The molecule has 0 unspecified atom stereocenters. The number of aliphatic hydroxyl groups excluding tert-OH is 1. The van der Waals surface area contributed by atoms with Crippen LogP contribution in [-0.2, 0) is 21.1 Å². The molecule has 0 amide bonds. The first-order valence-corrected chi connectivity index (χ1v) is 3.90. The fourth-order valence-corrected chi connectivity index (χ4v) is 0.579. The molecule has 1 nitrogen and oxygen atoms in total. The molecule has 0 aromatic heterocycles. The van der Waals surface area contributed by atoms with E-state index < -0.39 is 0 Å². The SMILES string of the molecule is OCC[CH2][Ta]. The monoisotopic (exact) mass is 240 g/mol. The van der Waals surface area contributed by atoms with E-state index in [0.29, 0.717) is 6.61 Å². The Morgan fingerprint density at radius 2 is 2.20 bits per heavy atom. The maximum atomic E-state index is 8.08. The fourth-order valence-electron chi connectivity index (χ4n) is 0.0707. The number of hydrogen-bond donors (Lipinski definition) is 1. The summed E-state index contributed by atoms with van der Waals surface area (Å²) in [5.41, 5.74) is 0. The molecule has 30 valence electrons. The van der Waals surface area contributed by atoms with E-state index in [1.807, 2.05) is 0 Å². The van der Waals surface area contributed by atoms with Crippen LogP contribution in [0.15, 0.2) is 0 Å². The molecule has 0 aromatic carbocycles. The zero-order chi connectivity index (χ0) is 4.12. The average Bonchev–Trinajstić information content (AvgIpc) is 1.41. The molecule has 5 heavy (non-hydrogen) atoms. The van der Waals surface area contributed by atoms with Gasteiger partial charge in [-0.3, -0.25) is 0 Å². The third kappa shape index (κ3) is 4.70. The number of hydrogen-bond acceptors (Lipinski definition) is 1. The Bertz CT molecular complexity index is 14.4. The van der Waals surface area contributed by atoms with Gasteiger partial charge in [0.25, 0.3) is 0 Å². The molecule has 2 heteroatoms. The van der Waals surface area contributed by atoms with Crippen LogP contribution in [0.25, 0.3) is 0 Å². The van der Waals surface area contributed by atoms with Gasteiger partial charge >= 0.3 is 43.8 Å². The van der Waals surface area contributed by atoms with Crippen molar-refractivity contribution >= 4 is 0 Å². The minimum atomic E-state index is 0.372. The van der Waals surface area contributed by atoms with E-state index in [1.165, 1.54) is 25.7 Å². The maximum absolute atomic E-state index is 8.08. The summed E-state index contributed by atoms with van der Waals surface area (Å²) in [7, 11) is 0. The standard InChI is InChI=1S/C3H7O.Ta/c1-2-3-4;/h4H,1-3H2;. The summed E-state index contributed by atoms with van der Waals surface area (Å²) in [6.07, 6.45) is 0.994. The van der Waals surface area contributed by atoms with Crippen molar-refractivity contribution in [1.82, 2.24) is 0 Å². The molecular weight excluding hydrogens is 233 g/mol. The van der Waals surface area contributed by atoms with Crippen LogP contribution in [0.3, 0.4) is 0 Å². The molecule has 0 aromatic rings. The Kier molecular flexibility index (Phi) is 5.36. The average molecular weight is 240 g/mol. The van der Waals surface area contributed by atoms with Gasteiger partial charge in [0.2, 0.25) is 0 Å². The third-order valence-corrected chi connectivity index (χ3v) is 1.45. The van der Waals surface area contributed by atoms with E-state index in [9.17, 15) is 0 Å². The van der Waals surface area contributed by atoms with Gasteiger partial charge in [0.1, 0.15) is 0 Å². The summed E-state index contributed by atoms with van der Waals surface area (Å²) in [5.74, 6) is 0. The van der Waals surface area contributed by atoms with Gasteiger partial charge in [0.05, 0.1) is 0 Å². The van der Waals surface area contributed by atoms with Crippen LogP contribution >= 0.6 is 0 Å². The molecule has 1 N–H and O–H groups in total. The summed E-state index contributed by atoms with van der Waals surface area (Å²) < 4.78 is 1.20. The predicted octanol–water partition coefficient (Wildman–Crippen LogP) is 0.334. The van der Waals surface area contributed by atoms with Gasteiger partial charge in [0.15, 0.2) is 0 Å². The first-order valence-electron chi connectivity index (χ1n) is 1.63. The molecule has 0 heterocycles. The van der Waals surface area contributed by atoms with E-state index in [-0.39, 0.29) is 0 Å². The number of aliphatic hydroxyl groups is 1. The van der Waals surface area contributed by atoms with Gasteiger partial charge in [-0.2, -0.15) is 0 Å². The van der Waals surface area contributed by atoms with E-state index in [0.717, 1.165) is 6.42 Å². The first-order chi connectivity index (χ1) is 2.41. The Hall–Kier alpha value is 0.700. The van der Waals surface area contributed by atoms with E-state index in [2.05, 4.69) is 0 Å². The van der Waals surface area contributed by atoms with Crippen molar-refractivity contribution in [2.24, 2.45) is 0 Å². The van der Waals surface area contributed by atoms with Crippen LogP contribution in [0.1, 0.15) is 6.42 Å². The Labute approximate surface area is 44.3 Å². The fraction of sp³-hybridized carbons (Fsp3) is 1.00. The van der Waals surface area contributed by atoms with Crippen molar-refractivity contribution in [3.05, 3.63) is 0 Å². The van der Waals surface area contributed by atoms with Crippen molar-refractivity contribution in [2.75, 3.05) is 6.61 Å². The van der Waals surface area contributed by atoms with E-state index >= 15 is 0 Å². The molecule has 0 spiro atoms. The first kappa shape index (κ1) is 5.70. The third-order valence-electron chi connectivity index (χ3n) is 0.316. The molecular formula is C3H7OTa. The Morgan fingerprint density at radius 3 is 2.20 bits per heavy atom. The van der Waals surface area contributed by atoms with Crippen molar-refractivity contribution in [1.29, 1.82) is 0 Å². The van der Waals surface area contributed by atoms with Crippen LogP contribution in [0.2, 0.25) is 4.64 Å². The number of rotatable bonds is 2. The predicted molar refractivity (Wildman–Crippen MR) is 16.5 cm³/mol. The summed E-state index contributed by atoms with van der Waals surface area (Å²) in [6, 6.07) is 0.